The lowest BCUT2D eigenvalue weighted by atomic mass is 9.70. The smallest absolute Gasteiger partial charge is 0.341 e. The molecule has 1 aliphatic carbocycles. The number of aromatic nitrogens is 3. The predicted molar refractivity (Wildman–Crippen MR) is 146 cm³/mol. The monoisotopic (exact) mass is 507 g/mol. The molecule has 0 bridgehead atoms. The minimum atomic E-state index is -1.12. The minimum absolute atomic E-state index is 0.0184. The van der Waals surface area contributed by atoms with Crippen molar-refractivity contribution >= 4 is 35.1 Å². The molecule has 1 amide bonds. The third kappa shape index (κ3) is 3.67. The number of carbonyl (C=O) groups excluding carboxylic acids is 1. The first-order valence-corrected chi connectivity index (χ1v) is 12.8. The number of anilines is 2. The standard InChI is InChI=1S/C30H29N5O3/c1-18-8-9-19(2)25(14-18)33-27-22(16-31-26-23(29(37)38)17-32-35(26)27)28(36)34-12-10-30(11-13-34)20(3)15-21-6-4-5-7-24(21)30/h4-9,14-17,33H,10-13H2,1-3H3,(H,37,38). The normalized spacial score (nSPS) is 16.0. The van der Waals surface area contributed by atoms with E-state index in [4.69, 9.17) is 0 Å². The van der Waals surface area contributed by atoms with Crippen LogP contribution in [0.3, 0.4) is 0 Å². The first kappa shape index (κ1) is 23.9. The number of fused-ring (bicyclic) bond motifs is 3. The molecule has 2 aromatic carbocycles. The Balaban J connectivity index is 1.36. The van der Waals surface area contributed by atoms with Crippen molar-refractivity contribution in [2.75, 3.05) is 18.4 Å². The molecule has 192 valence electrons. The van der Waals surface area contributed by atoms with E-state index in [1.54, 1.807) is 0 Å². The zero-order valence-corrected chi connectivity index (χ0v) is 21.7. The van der Waals surface area contributed by atoms with E-state index in [-0.39, 0.29) is 22.5 Å². The van der Waals surface area contributed by atoms with Gasteiger partial charge >= 0.3 is 5.97 Å². The second kappa shape index (κ2) is 8.83. The molecule has 8 heteroatoms. The van der Waals surface area contributed by atoms with Crippen molar-refractivity contribution in [1.29, 1.82) is 0 Å². The Hall–Kier alpha value is -4.46. The van der Waals surface area contributed by atoms with Gasteiger partial charge in [0.15, 0.2) is 5.65 Å². The SMILES string of the molecule is CC1=Cc2ccccc2C12CCN(C(=O)c1cnc3c(C(=O)O)cnn3c1Nc1cc(C)ccc1C)CC2. The van der Waals surface area contributed by atoms with Crippen molar-refractivity contribution in [1.82, 2.24) is 19.5 Å². The van der Waals surface area contributed by atoms with Crippen LogP contribution in [0.5, 0.6) is 0 Å². The van der Waals surface area contributed by atoms with Gasteiger partial charge in [-0.1, -0.05) is 48.0 Å². The summed E-state index contributed by atoms with van der Waals surface area (Å²) in [5, 5.41) is 17.3. The summed E-state index contributed by atoms with van der Waals surface area (Å²) in [6.07, 6.45) is 6.70. The van der Waals surface area contributed by atoms with Crippen LogP contribution >= 0.6 is 0 Å². The lowest BCUT2D eigenvalue weighted by molar-refractivity contribution is 0.0682. The number of nitrogens with zero attached hydrogens (tertiary/aromatic N) is 4. The van der Waals surface area contributed by atoms with E-state index in [0.717, 1.165) is 29.7 Å². The second-order valence-corrected chi connectivity index (χ2v) is 10.4. The Morgan fingerprint density at radius 2 is 1.76 bits per heavy atom. The van der Waals surface area contributed by atoms with E-state index in [9.17, 15) is 14.7 Å². The Bertz CT molecular complexity index is 1640. The Labute approximate surface area is 220 Å². The lowest BCUT2D eigenvalue weighted by Crippen LogP contribution is -2.45. The van der Waals surface area contributed by atoms with Crippen molar-refractivity contribution in [2.24, 2.45) is 0 Å². The van der Waals surface area contributed by atoms with Gasteiger partial charge < -0.3 is 15.3 Å². The molecule has 38 heavy (non-hydrogen) atoms. The Kier molecular flexibility index (Phi) is 5.56. The quantitative estimate of drug-likeness (QED) is 0.385. The highest BCUT2D eigenvalue weighted by Crippen LogP contribution is 2.48. The molecular weight excluding hydrogens is 478 g/mol. The van der Waals surface area contributed by atoms with Crippen LogP contribution in [-0.4, -0.2) is 49.6 Å². The van der Waals surface area contributed by atoms with Crippen LogP contribution in [0.25, 0.3) is 11.7 Å². The summed E-state index contributed by atoms with van der Waals surface area (Å²) in [6, 6.07) is 14.5. The number of hydrogen-bond donors (Lipinski definition) is 2. The molecule has 0 radical (unpaired) electrons. The third-order valence-electron chi connectivity index (χ3n) is 8.14. The number of benzene rings is 2. The third-order valence-corrected chi connectivity index (χ3v) is 8.14. The van der Waals surface area contributed by atoms with Crippen molar-refractivity contribution in [3.63, 3.8) is 0 Å². The topological polar surface area (TPSA) is 99.8 Å². The lowest BCUT2D eigenvalue weighted by Gasteiger charge is -2.41. The van der Waals surface area contributed by atoms with Crippen LogP contribution in [0.2, 0.25) is 0 Å². The molecule has 8 nitrogen and oxygen atoms in total. The van der Waals surface area contributed by atoms with E-state index in [1.165, 1.54) is 33.6 Å². The fraction of sp³-hybridized carbons (Fsp3) is 0.267. The number of amides is 1. The number of aryl methyl sites for hydroxylation is 2. The van der Waals surface area contributed by atoms with Gasteiger partial charge in [0.25, 0.3) is 5.91 Å². The molecule has 6 rings (SSSR count). The van der Waals surface area contributed by atoms with E-state index in [0.29, 0.717) is 24.5 Å². The van der Waals surface area contributed by atoms with Crippen LogP contribution in [0.15, 0.2) is 60.4 Å². The maximum absolute atomic E-state index is 14.0. The number of nitrogens with one attached hydrogen (secondary N) is 1. The molecule has 3 heterocycles. The number of likely N-dealkylation sites (tertiary alicyclic amines) is 1. The van der Waals surface area contributed by atoms with Crippen molar-refractivity contribution < 1.29 is 14.7 Å². The number of hydrogen-bond acceptors (Lipinski definition) is 5. The second-order valence-electron chi connectivity index (χ2n) is 10.4. The maximum Gasteiger partial charge on any atom is 0.341 e. The molecule has 0 unspecified atom stereocenters. The fourth-order valence-electron chi connectivity index (χ4n) is 5.92. The molecule has 4 aromatic rings. The van der Waals surface area contributed by atoms with Gasteiger partial charge in [0.2, 0.25) is 0 Å². The van der Waals surface area contributed by atoms with Gasteiger partial charge in [0, 0.05) is 30.4 Å². The van der Waals surface area contributed by atoms with Crippen LogP contribution in [0, 0.1) is 13.8 Å². The van der Waals surface area contributed by atoms with E-state index >= 15 is 0 Å². The van der Waals surface area contributed by atoms with E-state index in [2.05, 4.69) is 52.7 Å². The number of piperidine rings is 1. The van der Waals surface area contributed by atoms with Crippen LogP contribution < -0.4 is 5.32 Å². The molecule has 2 aromatic heterocycles. The summed E-state index contributed by atoms with van der Waals surface area (Å²) in [7, 11) is 0. The van der Waals surface area contributed by atoms with Crippen molar-refractivity contribution in [2.45, 2.75) is 39.0 Å². The molecule has 1 fully saturated rings. The first-order chi connectivity index (χ1) is 18.3. The molecule has 0 atom stereocenters. The van der Waals surface area contributed by atoms with Gasteiger partial charge in [-0.3, -0.25) is 4.79 Å². The highest BCUT2D eigenvalue weighted by atomic mass is 16.4. The zero-order valence-electron chi connectivity index (χ0n) is 21.7. The van der Waals surface area contributed by atoms with Gasteiger partial charge in [-0.25, -0.2) is 9.78 Å². The number of carbonyl (C=O) groups is 2. The molecule has 2 N–H and O–H groups in total. The predicted octanol–water partition coefficient (Wildman–Crippen LogP) is 5.38. The molecular formula is C30H29N5O3. The molecule has 1 aliphatic heterocycles. The number of allylic oxidation sites excluding steroid dienone is 1. The van der Waals surface area contributed by atoms with E-state index < -0.39 is 5.97 Å². The van der Waals surface area contributed by atoms with Crippen LogP contribution in [0.4, 0.5) is 11.5 Å². The van der Waals surface area contributed by atoms with Crippen molar-refractivity contribution in [3.8, 4) is 0 Å². The molecule has 1 spiro atoms. The minimum Gasteiger partial charge on any atom is -0.477 e. The number of rotatable bonds is 4. The summed E-state index contributed by atoms with van der Waals surface area (Å²) in [5.41, 5.74) is 7.33. The molecule has 0 saturated carbocycles. The van der Waals surface area contributed by atoms with Gasteiger partial charge in [-0.15, -0.1) is 0 Å². The fourth-order valence-corrected chi connectivity index (χ4v) is 5.92. The number of carboxylic acids is 1. The highest BCUT2D eigenvalue weighted by Gasteiger charge is 2.43. The van der Waals surface area contributed by atoms with Gasteiger partial charge in [0.1, 0.15) is 16.9 Å². The molecule has 2 aliphatic rings. The van der Waals surface area contributed by atoms with Gasteiger partial charge in [-0.05, 0) is 61.9 Å². The van der Waals surface area contributed by atoms with E-state index in [1.807, 2.05) is 36.9 Å². The van der Waals surface area contributed by atoms with Gasteiger partial charge in [-0.2, -0.15) is 9.61 Å². The first-order valence-electron chi connectivity index (χ1n) is 12.8. The highest BCUT2D eigenvalue weighted by molar-refractivity contribution is 6.01. The van der Waals surface area contributed by atoms with Crippen LogP contribution in [-0.2, 0) is 5.41 Å². The zero-order chi connectivity index (χ0) is 26.6. The van der Waals surface area contributed by atoms with Gasteiger partial charge in [0.05, 0.1) is 6.20 Å². The molecule has 1 saturated heterocycles. The van der Waals surface area contributed by atoms with Crippen LogP contribution in [0.1, 0.15) is 62.7 Å². The summed E-state index contributed by atoms with van der Waals surface area (Å²) in [4.78, 5) is 31.9. The summed E-state index contributed by atoms with van der Waals surface area (Å²) in [6.45, 7) is 7.39. The Morgan fingerprint density at radius 1 is 1.00 bits per heavy atom. The Morgan fingerprint density at radius 3 is 2.53 bits per heavy atom. The summed E-state index contributed by atoms with van der Waals surface area (Å²) >= 11 is 0. The number of aromatic carboxylic acids is 1. The summed E-state index contributed by atoms with van der Waals surface area (Å²) in [5.74, 6) is -0.864. The largest absolute Gasteiger partial charge is 0.477 e. The average molecular weight is 508 g/mol. The summed E-state index contributed by atoms with van der Waals surface area (Å²) < 4.78 is 1.42. The van der Waals surface area contributed by atoms with Crippen molar-refractivity contribution in [3.05, 3.63) is 93.8 Å². The maximum atomic E-state index is 14.0. The number of carboxylic acid groups (broad SMARTS) is 1. The average Bonchev–Trinajstić information content (AvgIpc) is 3.46.